The van der Waals surface area contributed by atoms with Gasteiger partial charge in [0.15, 0.2) is 23.2 Å². The third kappa shape index (κ3) is 2.01. The molecule has 0 aliphatic heterocycles. The lowest BCUT2D eigenvalue weighted by Crippen LogP contribution is -1.91. The average molecular weight is 273 g/mol. The first-order chi connectivity index (χ1) is 9.66. The topological polar surface area (TPSA) is 64.9 Å². The van der Waals surface area contributed by atoms with Gasteiger partial charge in [0.25, 0.3) is 0 Å². The summed E-state index contributed by atoms with van der Waals surface area (Å²) in [5.41, 5.74) is 7.11. The number of hydrogen-bond donors (Lipinski definition) is 1. The molecule has 2 heterocycles. The van der Waals surface area contributed by atoms with E-state index < -0.39 is 11.6 Å². The van der Waals surface area contributed by atoms with Crippen LogP contribution in [0, 0.1) is 11.6 Å². The summed E-state index contributed by atoms with van der Waals surface area (Å²) in [7, 11) is 0. The Labute approximate surface area is 112 Å². The molecule has 0 fully saturated rings. The summed E-state index contributed by atoms with van der Waals surface area (Å²) in [6.07, 6.45) is 1.59. The van der Waals surface area contributed by atoms with E-state index in [4.69, 9.17) is 10.3 Å². The molecule has 0 unspecified atom stereocenters. The monoisotopic (exact) mass is 273 g/mol. The molecule has 0 atom stereocenters. The van der Waals surface area contributed by atoms with Crippen LogP contribution in [0.5, 0.6) is 0 Å². The Morgan fingerprint density at radius 2 is 1.90 bits per heavy atom. The molecule has 2 N–H and O–H groups in total. The van der Waals surface area contributed by atoms with Gasteiger partial charge in [-0.15, -0.1) is 0 Å². The van der Waals surface area contributed by atoms with Crippen molar-refractivity contribution in [1.29, 1.82) is 0 Å². The number of nitrogens with two attached hydrogens (primary N) is 1. The molecule has 3 aromatic rings. The van der Waals surface area contributed by atoms with E-state index in [1.165, 1.54) is 6.07 Å². The summed E-state index contributed by atoms with van der Waals surface area (Å²) >= 11 is 0. The number of hydrogen-bond acceptors (Lipinski definition) is 4. The minimum absolute atomic E-state index is 0.142. The Kier molecular flexibility index (Phi) is 2.90. The zero-order chi connectivity index (χ0) is 14.1. The molecule has 0 bridgehead atoms. The van der Waals surface area contributed by atoms with Gasteiger partial charge in [0, 0.05) is 11.8 Å². The molecule has 20 heavy (non-hydrogen) atoms. The number of benzene rings is 1. The first-order valence-corrected chi connectivity index (χ1v) is 5.79. The van der Waals surface area contributed by atoms with Gasteiger partial charge in [-0.05, 0) is 30.3 Å². The molecule has 4 nitrogen and oxygen atoms in total. The zero-order valence-corrected chi connectivity index (χ0v) is 10.2. The Balaban J connectivity index is 2.18. The minimum Gasteiger partial charge on any atom is -0.380 e. The van der Waals surface area contributed by atoms with Crippen molar-refractivity contribution < 1.29 is 13.3 Å². The Morgan fingerprint density at radius 3 is 2.60 bits per heavy atom. The van der Waals surface area contributed by atoms with Crippen LogP contribution in [0.3, 0.4) is 0 Å². The summed E-state index contributed by atoms with van der Waals surface area (Å²) in [6, 6.07) is 8.71. The lowest BCUT2D eigenvalue weighted by molar-refractivity contribution is 0.435. The number of rotatable bonds is 2. The lowest BCUT2D eigenvalue weighted by atomic mass is 10.1. The molecule has 100 valence electrons. The molecule has 1 aromatic carbocycles. The fraction of sp³-hybridized carbons (Fsp3) is 0. The molecule has 0 amide bonds. The highest BCUT2D eigenvalue weighted by molar-refractivity contribution is 5.84. The summed E-state index contributed by atoms with van der Waals surface area (Å²) in [5.74, 6) is -1.51. The summed E-state index contributed by atoms with van der Waals surface area (Å²) in [4.78, 5) is 4.16. The number of aromatic nitrogens is 2. The van der Waals surface area contributed by atoms with Crippen molar-refractivity contribution in [3.05, 3.63) is 54.2 Å². The fourth-order valence-electron chi connectivity index (χ4n) is 1.90. The normalized spacial score (nSPS) is 10.7. The molecule has 0 aliphatic rings. The third-order valence-electron chi connectivity index (χ3n) is 2.82. The quantitative estimate of drug-likeness (QED) is 0.778. The van der Waals surface area contributed by atoms with E-state index in [0.717, 1.165) is 12.1 Å². The molecule has 6 heteroatoms. The van der Waals surface area contributed by atoms with E-state index in [0.29, 0.717) is 16.8 Å². The maximum absolute atomic E-state index is 13.3. The van der Waals surface area contributed by atoms with Gasteiger partial charge in [0.05, 0.1) is 11.3 Å². The van der Waals surface area contributed by atoms with Gasteiger partial charge < -0.3 is 10.3 Å². The molecular weight excluding hydrogens is 264 g/mol. The smallest absolute Gasteiger partial charge is 0.178 e. The number of nitrogens with zero attached hydrogens (tertiary/aromatic N) is 2. The van der Waals surface area contributed by atoms with E-state index in [1.807, 2.05) is 0 Å². The first-order valence-electron chi connectivity index (χ1n) is 5.79. The van der Waals surface area contributed by atoms with Crippen molar-refractivity contribution in [3.8, 4) is 22.6 Å². The van der Waals surface area contributed by atoms with Crippen LogP contribution in [-0.4, -0.2) is 10.1 Å². The van der Waals surface area contributed by atoms with E-state index in [1.54, 1.807) is 24.4 Å². The van der Waals surface area contributed by atoms with Crippen LogP contribution < -0.4 is 5.73 Å². The van der Waals surface area contributed by atoms with Crippen LogP contribution in [0.2, 0.25) is 0 Å². The first kappa shape index (κ1) is 12.3. The number of nitrogen functional groups attached to an aromatic ring is 1. The van der Waals surface area contributed by atoms with E-state index in [9.17, 15) is 8.78 Å². The molecule has 0 aliphatic carbocycles. The zero-order valence-electron chi connectivity index (χ0n) is 10.2. The third-order valence-corrected chi connectivity index (χ3v) is 2.82. The number of pyridine rings is 1. The fourth-order valence-corrected chi connectivity index (χ4v) is 1.90. The van der Waals surface area contributed by atoms with Crippen LogP contribution in [0.1, 0.15) is 0 Å². The van der Waals surface area contributed by atoms with Crippen molar-refractivity contribution in [2.45, 2.75) is 0 Å². The van der Waals surface area contributed by atoms with Crippen LogP contribution in [0.15, 0.2) is 47.1 Å². The van der Waals surface area contributed by atoms with Gasteiger partial charge in [-0.1, -0.05) is 11.2 Å². The van der Waals surface area contributed by atoms with Gasteiger partial charge in [-0.25, -0.2) is 8.78 Å². The molecule has 0 saturated heterocycles. The molecule has 0 radical (unpaired) electrons. The van der Waals surface area contributed by atoms with Crippen molar-refractivity contribution in [2.24, 2.45) is 0 Å². The SMILES string of the molecule is Nc1noc(-c2ccc(F)c(F)c2)c1-c1ccccn1. The van der Waals surface area contributed by atoms with Crippen LogP contribution in [-0.2, 0) is 0 Å². The van der Waals surface area contributed by atoms with Crippen LogP contribution >= 0.6 is 0 Å². The lowest BCUT2D eigenvalue weighted by Gasteiger charge is -2.02. The van der Waals surface area contributed by atoms with Crippen LogP contribution in [0.4, 0.5) is 14.6 Å². The summed E-state index contributed by atoms with van der Waals surface area (Å²) in [6.45, 7) is 0. The van der Waals surface area contributed by atoms with Gasteiger partial charge in [0.1, 0.15) is 0 Å². The standard InChI is InChI=1S/C14H9F2N3O/c15-9-5-4-8(7-10(9)16)13-12(14(17)19-20-13)11-3-1-2-6-18-11/h1-7H,(H2,17,19). The van der Waals surface area contributed by atoms with Crippen molar-refractivity contribution in [2.75, 3.05) is 5.73 Å². The van der Waals surface area contributed by atoms with Gasteiger partial charge in [-0.3, -0.25) is 4.98 Å². The van der Waals surface area contributed by atoms with Crippen LogP contribution in [0.25, 0.3) is 22.6 Å². The molecular formula is C14H9F2N3O. The number of anilines is 1. The van der Waals surface area contributed by atoms with E-state index in [-0.39, 0.29) is 11.6 Å². The average Bonchev–Trinajstić information content (AvgIpc) is 2.85. The summed E-state index contributed by atoms with van der Waals surface area (Å²) in [5, 5.41) is 3.67. The highest BCUT2D eigenvalue weighted by atomic mass is 19.2. The predicted molar refractivity (Wildman–Crippen MR) is 69.5 cm³/mol. The largest absolute Gasteiger partial charge is 0.380 e. The highest BCUT2D eigenvalue weighted by Crippen LogP contribution is 2.35. The molecule has 0 saturated carbocycles. The predicted octanol–water partition coefficient (Wildman–Crippen LogP) is 3.26. The molecule has 3 rings (SSSR count). The second kappa shape index (κ2) is 4.73. The van der Waals surface area contributed by atoms with Gasteiger partial charge >= 0.3 is 0 Å². The molecule has 2 aromatic heterocycles. The number of halogens is 2. The Hall–Kier alpha value is -2.76. The van der Waals surface area contributed by atoms with Gasteiger partial charge in [-0.2, -0.15) is 0 Å². The Bertz CT molecular complexity index is 756. The second-order valence-electron chi connectivity index (χ2n) is 4.12. The Morgan fingerprint density at radius 1 is 1.05 bits per heavy atom. The van der Waals surface area contributed by atoms with Crippen molar-refractivity contribution in [3.63, 3.8) is 0 Å². The highest BCUT2D eigenvalue weighted by Gasteiger charge is 2.19. The minimum atomic E-state index is -0.968. The van der Waals surface area contributed by atoms with E-state index in [2.05, 4.69) is 10.1 Å². The maximum atomic E-state index is 13.3. The summed E-state index contributed by atoms with van der Waals surface area (Å²) < 4.78 is 31.4. The molecule has 0 spiro atoms. The van der Waals surface area contributed by atoms with Crippen molar-refractivity contribution >= 4 is 5.82 Å². The second-order valence-corrected chi connectivity index (χ2v) is 4.12. The maximum Gasteiger partial charge on any atom is 0.178 e. The van der Waals surface area contributed by atoms with E-state index >= 15 is 0 Å². The van der Waals surface area contributed by atoms with Gasteiger partial charge in [0.2, 0.25) is 0 Å². The van der Waals surface area contributed by atoms with Crippen molar-refractivity contribution in [1.82, 2.24) is 10.1 Å².